The molecule has 6 heteroatoms. The van der Waals surface area contributed by atoms with E-state index in [2.05, 4.69) is 0 Å². The lowest BCUT2D eigenvalue weighted by molar-refractivity contribution is 0.285. The molecule has 0 saturated carbocycles. The lowest BCUT2D eigenvalue weighted by Crippen LogP contribution is -2.10. The third-order valence-corrected chi connectivity index (χ3v) is 3.08. The first kappa shape index (κ1) is 14.7. The molecule has 2 aromatic rings. The van der Waals surface area contributed by atoms with Gasteiger partial charge in [-0.1, -0.05) is 23.8 Å². The highest BCUT2D eigenvalue weighted by Gasteiger charge is 2.09. The zero-order chi connectivity index (χ0) is 14.7. The molecule has 0 aliphatic rings. The summed E-state index contributed by atoms with van der Waals surface area (Å²) < 4.78 is 32.4. The van der Waals surface area contributed by atoms with E-state index >= 15 is 0 Å². The van der Waals surface area contributed by atoms with Crippen LogP contribution < -0.4 is 10.5 Å². The summed E-state index contributed by atoms with van der Waals surface area (Å²) in [5.74, 6) is -1.09. The molecule has 0 aliphatic heterocycles. The Morgan fingerprint density at radius 1 is 1.15 bits per heavy atom. The van der Waals surface area contributed by atoms with Gasteiger partial charge in [-0.15, -0.1) is 0 Å². The minimum absolute atomic E-state index is 0.00984. The Bertz CT molecular complexity index is 664. The lowest BCUT2D eigenvalue weighted by atomic mass is 10.2. The Balaban J connectivity index is 2.15. The zero-order valence-electron chi connectivity index (χ0n) is 10.2. The highest BCUT2D eigenvalue weighted by Crippen LogP contribution is 2.21. The highest BCUT2D eigenvalue weighted by molar-refractivity contribution is 7.80. The first-order valence-electron chi connectivity index (χ1n) is 5.63. The van der Waals surface area contributed by atoms with Crippen LogP contribution in [0.1, 0.15) is 11.1 Å². The van der Waals surface area contributed by atoms with E-state index in [1.165, 1.54) is 36.4 Å². The Hall–Kier alpha value is -1.72. The van der Waals surface area contributed by atoms with E-state index < -0.39 is 11.6 Å². The van der Waals surface area contributed by atoms with E-state index in [1.54, 1.807) is 0 Å². The summed E-state index contributed by atoms with van der Waals surface area (Å²) >= 11 is 10.5. The molecule has 0 amide bonds. The monoisotopic (exact) mass is 313 g/mol. The van der Waals surface area contributed by atoms with Crippen LogP contribution in [0.25, 0.3) is 0 Å². The van der Waals surface area contributed by atoms with Gasteiger partial charge < -0.3 is 10.5 Å². The normalized spacial score (nSPS) is 10.3. The molecule has 0 spiro atoms. The quantitative estimate of drug-likeness (QED) is 0.871. The number of ether oxygens (including phenoxy) is 1. The number of rotatable bonds is 4. The third-order valence-electron chi connectivity index (χ3n) is 2.61. The van der Waals surface area contributed by atoms with Crippen molar-refractivity contribution >= 4 is 28.8 Å². The molecule has 0 aliphatic carbocycles. The summed E-state index contributed by atoms with van der Waals surface area (Å²) in [6.45, 7) is -0.129. The molecule has 2 N–H and O–H groups in total. The molecule has 0 saturated heterocycles. The van der Waals surface area contributed by atoms with Crippen LogP contribution in [0.15, 0.2) is 36.4 Å². The summed E-state index contributed by atoms with van der Waals surface area (Å²) in [5.41, 5.74) is 6.04. The third kappa shape index (κ3) is 3.43. The molecule has 2 nitrogen and oxygen atoms in total. The second-order valence-electron chi connectivity index (χ2n) is 4.03. The topological polar surface area (TPSA) is 35.2 Å². The summed E-state index contributed by atoms with van der Waals surface area (Å²) in [5, 5.41) is 0.384. The summed E-state index contributed by atoms with van der Waals surface area (Å²) in [6.07, 6.45) is 0. The van der Waals surface area contributed by atoms with Gasteiger partial charge >= 0.3 is 0 Å². The van der Waals surface area contributed by atoms with Gasteiger partial charge in [0.15, 0.2) is 11.6 Å². The van der Waals surface area contributed by atoms with Crippen LogP contribution in [0, 0.1) is 11.6 Å². The van der Waals surface area contributed by atoms with Crippen molar-refractivity contribution in [2.24, 2.45) is 5.73 Å². The van der Waals surface area contributed by atoms with Crippen LogP contribution in [0.4, 0.5) is 8.78 Å². The van der Waals surface area contributed by atoms with E-state index in [1.807, 2.05) is 0 Å². The molecule has 0 fully saturated rings. The van der Waals surface area contributed by atoms with Crippen LogP contribution in [-0.4, -0.2) is 4.99 Å². The summed E-state index contributed by atoms with van der Waals surface area (Å²) in [6, 6.07) is 8.19. The van der Waals surface area contributed by atoms with Crippen molar-refractivity contribution in [2.45, 2.75) is 6.61 Å². The molecule has 0 radical (unpaired) electrons. The zero-order valence-corrected chi connectivity index (χ0v) is 11.8. The second kappa shape index (κ2) is 6.15. The van der Waals surface area contributed by atoms with Gasteiger partial charge in [0.1, 0.15) is 17.4 Å². The molecule has 2 aromatic carbocycles. The maximum atomic E-state index is 13.7. The molecular formula is C14H10ClF2NOS. The molecule has 2 rings (SSSR count). The van der Waals surface area contributed by atoms with E-state index in [-0.39, 0.29) is 22.9 Å². The van der Waals surface area contributed by atoms with Crippen LogP contribution in [0.5, 0.6) is 5.75 Å². The van der Waals surface area contributed by atoms with E-state index in [4.69, 9.17) is 34.3 Å². The average Bonchev–Trinajstić information content (AvgIpc) is 2.40. The average molecular weight is 314 g/mol. The van der Waals surface area contributed by atoms with Crippen molar-refractivity contribution in [3.05, 3.63) is 64.2 Å². The van der Waals surface area contributed by atoms with Crippen molar-refractivity contribution < 1.29 is 13.5 Å². The van der Waals surface area contributed by atoms with Crippen molar-refractivity contribution in [3.63, 3.8) is 0 Å². The van der Waals surface area contributed by atoms with Gasteiger partial charge in [-0.05, 0) is 36.4 Å². The predicted molar refractivity (Wildman–Crippen MR) is 78.0 cm³/mol. The smallest absolute Gasteiger partial charge is 0.165 e. The number of hydrogen-bond acceptors (Lipinski definition) is 2. The summed E-state index contributed by atoms with van der Waals surface area (Å²) in [4.78, 5) is 0.0938. The fourth-order valence-corrected chi connectivity index (χ4v) is 1.90. The van der Waals surface area contributed by atoms with Crippen molar-refractivity contribution in [2.75, 3.05) is 0 Å². The van der Waals surface area contributed by atoms with E-state index in [0.717, 1.165) is 0 Å². The van der Waals surface area contributed by atoms with Crippen LogP contribution in [-0.2, 0) is 6.61 Å². The summed E-state index contributed by atoms with van der Waals surface area (Å²) in [7, 11) is 0. The van der Waals surface area contributed by atoms with E-state index in [9.17, 15) is 8.78 Å². The molecular weight excluding hydrogens is 304 g/mol. The highest BCUT2D eigenvalue weighted by atomic mass is 35.5. The van der Waals surface area contributed by atoms with Gasteiger partial charge in [-0.25, -0.2) is 8.78 Å². The number of halogens is 3. The van der Waals surface area contributed by atoms with Gasteiger partial charge in [0, 0.05) is 16.1 Å². The molecule has 0 atom stereocenters. The first-order valence-corrected chi connectivity index (χ1v) is 6.42. The predicted octanol–water partition coefficient (Wildman–Crippen LogP) is 3.83. The van der Waals surface area contributed by atoms with Crippen molar-refractivity contribution in [1.82, 2.24) is 0 Å². The van der Waals surface area contributed by atoms with Crippen LogP contribution >= 0.6 is 23.8 Å². The Morgan fingerprint density at radius 3 is 2.55 bits per heavy atom. The van der Waals surface area contributed by atoms with Gasteiger partial charge in [-0.2, -0.15) is 0 Å². The van der Waals surface area contributed by atoms with Gasteiger partial charge in [-0.3, -0.25) is 0 Å². The Labute approximate surface area is 125 Å². The molecule has 0 heterocycles. The Morgan fingerprint density at radius 2 is 1.90 bits per heavy atom. The lowest BCUT2D eigenvalue weighted by Gasteiger charge is -2.09. The number of nitrogens with two attached hydrogens (primary N) is 1. The van der Waals surface area contributed by atoms with Crippen molar-refractivity contribution in [1.29, 1.82) is 0 Å². The standard InChI is InChI=1S/C14H10ClF2NOS/c15-10-2-3-11(16)9(5-10)7-19-13-4-1-8(14(18)20)6-12(13)17/h1-6H,7H2,(H2,18,20). The van der Waals surface area contributed by atoms with Gasteiger partial charge in [0.05, 0.1) is 0 Å². The maximum Gasteiger partial charge on any atom is 0.165 e. The largest absolute Gasteiger partial charge is 0.486 e. The minimum atomic E-state index is -0.613. The number of hydrogen-bond donors (Lipinski definition) is 1. The molecule has 104 valence electrons. The number of thiocarbonyl (C=S) groups is 1. The SMILES string of the molecule is NC(=S)c1ccc(OCc2cc(Cl)ccc2F)c(F)c1. The first-order chi connectivity index (χ1) is 9.47. The van der Waals surface area contributed by atoms with Gasteiger partial charge in [0.25, 0.3) is 0 Å². The number of benzene rings is 2. The fourth-order valence-electron chi connectivity index (χ4n) is 1.58. The fraction of sp³-hybridized carbons (Fsp3) is 0.0714. The minimum Gasteiger partial charge on any atom is -0.486 e. The van der Waals surface area contributed by atoms with E-state index in [0.29, 0.717) is 10.6 Å². The second-order valence-corrected chi connectivity index (χ2v) is 4.91. The van der Waals surface area contributed by atoms with Crippen LogP contribution in [0.3, 0.4) is 0 Å². The molecule has 20 heavy (non-hydrogen) atoms. The Kier molecular flexibility index (Phi) is 4.52. The molecule has 0 unspecified atom stereocenters. The van der Waals surface area contributed by atoms with Crippen molar-refractivity contribution in [3.8, 4) is 5.75 Å². The maximum absolute atomic E-state index is 13.7. The molecule has 0 bridgehead atoms. The van der Waals surface area contributed by atoms with Crippen LogP contribution in [0.2, 0.25) is 5.02 Å². The molecule has 0 aromatic heterocycles. The van der Waals surface area contributed by atoms with Gasteiger partial charge in [0.2, 0.25) is 0 Å².